The number of allylic oxidation sites excluding steroid dienone is 5. The van der Waals surface area contributed by atoms with Crippen LogP contribution in [0, 0.1) is 0 Å². The topological polar surface area (TPSA) is 63.5 Å². The molecule has 0 radical (unpaired) electrons. The van der Waals surface area contributed by atoms with Gasteiger partial charge in [0.15, 0.2) is 13.1 Å². The molecule has 0 heterocycles. The van der Waals surface area contributed by atoms with Crippen molar-refractivity contribution in [2.75, 3.05) is 4.90 Å². The first kappa shape index (κ1) is 35.3. The molecule has 0 aromatic heterocycles. The van der Waals surface area contributed by atoms with Gasteiger partial charge in [-0.15, -0.1) is 0 Å². The summed E-state index contributed by atoms with van der Waals surface area (Å²) >= 11 is 0. The van der Waals surface area contributed by atoms with Crippen LogP contribution in [0.5, 0.6) is 0 Å². The molecule has 0 atom stereocenters. The Bertz CT molecular complexity index is 2280. The molecule has 6 heteroatoms. The van der Waals surface area contributed by atoms with Gasteiger partial charge in [-0.1, -0.05) is 152 Å². The van der Waals surface area contributed by atoms with Crippen LogP contribution in [0.1, 0.15) is 33.4 Å². The number of benzene rings is 6. The third-order valence-corrected chi connectivity index (χ3v) is 10.2. The van der Waals surface area contributed by atoms with Crippen LogP contribution >= 0.6 is 0 Å². The van der Waals surface area contributed by atoms with Crippen molar-refractivity contribution >= 4 is 27.1 Å². The van der Waals surface area contributed by atoms with Gasteiger partial charge in [0, 0.05) is 47.6 Å². The van der Waals surface area contributed by atoms with E-state index >= 15 is 0 Å². The van der Waals surface area contributed by atoms with Crippen LogP contribution < -0.4 is 4.90 Å². The molecule has 0 bridgehead atoms. The molecule has 1 aliphatic rings. The summed E-state index contributed by atoms with van der Waals surface area (Å²) in [5, 5.41) is 0. The van der Waals surface area contributed by atoms with Gasteiger partial charge in [0.05, 0.1) is 4.90 Å². The van der Waals surface area contributed by atoms with Gasteiger partial charge < -0.3 is 9.45 Å². The number of rotatable bonds is 12. The second-order valence-corrected chi connectivity index (χ2v) is 14.4. The maximum atomic E-state index is 12.6. The van der Waals surface area contributed by atoms with Crippen LogP contribution in [0.3, 0.4) is 0 Å². The molecule has 0 saturated heterocycles. The molecule has 0 fully saturated rings. The molecule has 7 rings (SSSR count). The van der Waals surface area contributed by atoms with E-state index in [1.807, 2.05) is 48.6 Å². The highest BCUT2D eigenvalue weighted by molar-refractivity contribution is 7.85. The van der Waals surface area contributed by atoms with Crippen molar-refractivity contribution in [3.63, 3.8) is 0 Å². The molecule has 0 unspecified atom stereocenters. The quantitative estimate of drug-likeness (QED) is 0.0937. The van der Waals surface area contributed by atoms with E-state index in [9.17, 15) is 13.0 Å². The Kier molecular flexibility index (Phi) is 11.0. The minimum Gasteiger partial charge on any atom is -0.744 e. The normalized spacial score (nSPS) is 12.5. The summed E-state index contributed by atoms with van der Waals surface area (Å²) < 4.78 is 40.2. The molecular formula is C47H40N2O3S. The third kappa shape index (κ3) is 9.05. The van der Waals surface area contributed by atoms with Crippen LogP contribution in [0.15, 0.2) is 205 Å². The lowest BCUT2D eigenvalue weighted by atomic mass is 9.90. The zero-order valence-corrected chi connectivity index (χ0v) is 30.1. The van der Waals surface area contributed by atoms with Gasteiger partial charge in [0.1, 0.15) is 10.1 Å². The summed E-state index contributed by atoms with van der Waals surface area (Å²) in [5.41, 5.74) is 9.51. The Morgan fingerprint density at radius 1 is 0.509 bits per heavy atom. The Morgan fingerprint density at radius 2 is 0.943 bits per heavy atom. The molecule has 0 saturated carbocycles. The SMILES string of the molecule is O=S(=O)([O-])c1ccccc1C(=C1C=CC(=[N+](Cc2ccccc2)Cc2ccccc2)C=C1)c1ccc(N(Cc2ccccc2)Cc2ccccc2)cc1. The van der Waals surface area contributed by atoms with Gasteiger partial charge >= 0.3 is 0 Å². The maximum absolute atomic E-state index is 12.6. The van der Waals surface area contributed by atoms with Crippen molar-refractivity contribution in [3.8, 4) is 0 Å². The lowest BCUT2D eigenvalue weighted by Gasteiger charge is -2.26. The highest BCUT2D eigenvalue weighted by Crippen LogP contribution is 2.35. The maximum Gasteiger partial charge on any atom is 0.200 e. The van der Waals surface area contributed by atoms with Gasteiger partial charge in [0.2, 0.25) is 5.71 Å². The highest BCUT2D eigenvalue weighted by atomic mass is 32.2. The molecular weight excluding hydrogens is 673 g/mol. The van der Waals surface area contributed by atoms with E-state index in [1.54, 1.807) is 18.2 Å². The van der Waals surface area contributed by atoms with Gasteiger partial charge in [0.25, 0.3) is 0 Å². The first-order chi connectivity index (χ1) is 25.9. The molecule has 262 valence electrons. The fourth-order valence-electron chi connectivity index (χ4n) is 6.74. The van der Waals surface area contributed by atoms with Crippen molar-refractivity contribution in [2.45, 2.75) is 31.1 Å². The third-order valence-electron chi connectivity index (χ3n) is 9.33. The van der Waals surface area contributed by atoms with Crippen LogP contribution in [0.4, 0.5) is 5.69 Å². The average molecular weight is 713 g/mol. The summed E-state index contributed by atoms with van der Waals surface area (Å²) in [6.07, 6.45) is 8.19. The van der Waals surface area contributed by atoms with Gasteiger partial charge in [-0.25, -0.2) is 13.0 Å². The molecule has 1 aliphatic carbocycles. The minimum absolute atomic E-state index is 0.243. The molecule has 53 heavy (non-hydrogen) atoms. The molecule has 5 nitrogen and oxygen atoms in total. The van der Waals surface area contributed by atoms with E-state index in [4.69, 9.17) is 0 Å². The summed E-state index contributed by atoms with van der Waals surface area (Å²) in [6, 6.07) is 56.2. The van der Waals surface area contributed by atoms with Crippen LogP contribution in [0.25, 0.3) is 5.57 Å². The van der Waals surface area contributed by atoms with Crippen LogP contribution in [-0.4, -0.2) is 23.3 Å². The largest absolute Gasteiger partial charge is 0.744 e. The van der Waals surface area contributed by atoms with Crippen molar-refractivity contribution < 1.29 is 17.5 Å². The van der Waals surface area contributed by atoms with E-state index in [0.717, 1.165) is 22.5 Å². The van der Waals surface area contributed by atoms with Gasteiger partial charge in [-0.05, 0) is 58.2 Å². The lowest BCUT2D eigenvalue weighted by molar-refractivity contribution is -0.558. The van der Waals surface area contributed by atoms with Crippen molar-refractivity contribution in [3.05, 3.63) is 233 Å². The van der Waals surface area contributed by atoms with E-state index in [0.29, 0.717) is 37.3 Å². The summed E-state index contributed by atoms with van der Waals surface area (Å²) in [5.74, 6) is 0. The Labute approximate surface area is 312 Å². The predicted octanol–water partition coefficient (Wildman–Crippen LogP) is 9.58. The van der Waals surface area contributed by atoms with E-state index in [-0.39, 0.29) is 4.90 Å². The van der Waals surface area contributed by atoms with Gasteiger partial charge in [-0.3, -0.25) is 0 Å². The van der Waals surface area contributed by atoms with Crippen molar-refractivity contribution in [1.82, 2.24) is 0 Å². The minimum atomic E-state index is -4.76. The van der Waals surface area contributed by atoms with E-state index < -0.39 is 10.1 Å². The number of hydrogen-bond acceptors (Lipinski definition) is 4. The first-order valence-electron chi connectivity index (χ1n) is 17.7. The molecule has 6 aromatic carbocycles. The number of hydrogen-bond donors (Lipinski definition) is 0. The molecule has 6 aromatic rings. The number of nitrogens with zero attached hydrogens (tertiary/aromatic N) is 2. The van der Waals surface area contributed by atoms with E-state index in [1.165, 1.54) is 28.3 Å². The van der Waals surface area contributed by atoms with Gasteiger partial charge in [-0.2, -0.15) is 0 Å². The second kappa shape index (κ2) is 16.5. The molecule has 0 N–H and O–H groups in total. The fourth-order valence-corrected chi connectivity index (χ4v) is 7.42. The molecule has 0 spiro atoms. The summed E-state index contributed by atoms with van der Waals surface area (Å²) in [7, 11) is -4.76. The molecule has 0 amide bonds. The summed E-state index contributed by atoms with van der Waals surface area (Å²) in [6.45, 7) is 2.86. The standard InChI is InChI=1S/C47H40N2O3S/c50-53(51,52)46-24-14-13-23-45(46)47(41-25-29-43(30-26-41)48(33-37-15-5-1-6-16-37)34-38-17-7-2-8-18-38)42-27-31-44(32-28-42)49(35-39-19-9-3-10-20-39)36-40-21-11-4-12-22-40/h1-32H,33-36H2. The zero-order chi connectivity index (χ0) is 36.5. The van der Waals surface area contributed by atoms with E-state index in [2.05, 4.69) is 131 Å². The number of anilines is 1. The lowest BCUT2D eigenvalue weighted by Crippen LogP contribution is -2.22. The average Bonchev–Trinajstić information content (AvgIpc) is 3.19. The Morgan fingerprint density at radius 3 is 1.42 bits per heavy atom. The van der Waals surface area contributed by atoms with Crippen LogP contribution in [-0.2, 0) is 36.3 Å². The zero-order valence-electron chi connectivity index (χ0n) is 29.3. The van der Waals surface area contributed by atoms with Crippen molar-refractivity contribution in [1.29, 1.82) is 0 Å². The highest BCUT2D eigenvalue weighted by Gasteiger charge is 2.21. The van der Waals surface area contributed by atoms with Crippen molar-refractivity contribution in [2.24, 2.45) is 0 Å². The predicted molar refractivity (Wildman–Crippen MR) is 213 cm³/mol. The summed E-state index contributed by atoms with van der Waals surface area (Å²) in [4.78, 5) is 2.08. The smallest absolute Gasteiger partial charge is 0.200 e. The first-order valence-corrected chi connectivity index (χ1v) is 19.1. The monoisotopic (exact) mass is 712 g/mol. The molecule has 0 aliphatic heterocycles. The fraction of sp³-hybridized carbons (Fsp3) is 0.0851. The Balaban J connectivity index is 1.30. The second-order valence-electron chi connectivity index (χ2n) is 13.1. The Hall–Kier alpha value is -6.08. The van der Waals surface area contributed by atoms with Crippen LogP contribution in [0.2, 0.25) is 0 Å².